The molecule has 3 nitrogen and oxygen atoms in total. The van der Waals surface area contributed by atoms with Crippen molar-refractivity contribution in [2.24, 2.45) is 0 Å². The minimum absolute atomic E-state index is 0.661. The van der Waals surface area contributed by atoms with Crippen LogP contribution in [0.25, 0.3) is 97.4 Å². The first kappa shape index (κ1) is 26.3. The summed E-state index contributed by atoms with van der Waals surface area (Å²) in [6.07, 6.45) is 0. The molecule has 0 atom stereocenters. The molecule has 2 heterocycles. The van der Waals surface area contributed by atoms with Gasteiger partial charge in [0.05, 0.1) is 0 Å². The second-order valence-electron chi connectivity index (χ2n) is 12.0. The molecule has 0 aliphatic rings. The summed E-state index contributed by atoms with van der Waals surface area (Å²) in [7, 11) is 0. The SMILES string of the molecule is c1ccc2c(c1)ccc1cc(-c3nc(-c4cc5ccccc5c5ccccc45)nc(-c4cccc5sc6ccccc6c45)n3)ccc12. The van der Waals surface area contributed by atoms with E-state index in [2.05, 4.69) is 152 Å². The summed E-state index contributed by atoms with van der Waals surface area (Å²) in [4.78, 5) is 15.7. The molecular formula is C43H25N3S. The minimum atomic E-state index is 0.661. The van der Waals surface area contributed by atoms with Crippen molar-refractivity contribution >= 4 is 74.6 Å². The summed E-state index contributed by atoms with van der Waals surface area (Å²) in [6, 6.07) is 53.9. The molecule has 10 aromatic rings. The van der Waals surface area contributed by atoms with Crippen LogP contribution in [0.15, 0.2) is 152 Å². The van der Waals surface area contributed by atoms with E-state index in [1.807, 2.05) is 0 Å². The van der Waals surface area contributed by atoms with Gasteiger partial charge in [-0.15, -0.1) is 11.3 Å². The fraction of sp³-hybridized carbons (Fsp3) is 0. The van der Waals surface area contributed by atoms with E-state index in [1.165, 1.54) is 47.1 Å². The third-order valence-electron chi connectivity index (χ3n) is 9.29. The second kappa shape index (κ2) is 10.3. The highest BCUT2D eigenvalue weighted by Crippen LogP contribution is 2.41. The smallest absolute Gasteiger partial charge is 0.164 e. The molecule has 2 aromatic heterocycles. The fourth-order valence-electron chi connectivity index (χ4n) is 7.10. The van der Waals surface area contributed by atoms with Crippen LogP contribution >= 0.6 is 11.3 Å². The number of benzene rings is 8. The summed E-state index contributed by atoms with van der Waals surface area (Å²) in [5.41, 5.74) is 2.98. The third-order valence-corrected chi connectivity index (χ3v) is 10.4. The van der Waals surface area contributed by atoms with Gasteiger partial charge in [-0.05, 0) is 67.4 Å². The molecule has 218 valence electrons. The molecule has 0 aliphatic carbocycles. The van der Waals surface area contributed by atoms with E-state index in [-0.39, 0.29) is 0 Å². The van der Waals surface area contributed by atoms with Crippen LogP contribution in [-0.2, 0) is 0 Å². The number of fused-ring (bicyclic) bond motifs is 9. The van der Waals surface area contributed by atoms with Gasteiger partial charge in [-0.1, -0.05) is 127 Å². The number of nitrogens with zero attached hydrogens (tertiary/aromatic N) is 3. The zero-order valence-corrected chi connectivity index (χ0v) is 26.0. The monoisotopic (exact) mass is 615 g/mol. The average molecular weight is 616 g/mol. The summed E-state index contributed by atoms with van der Waals surface area (Å²) in [6.45, 7) is 0. The summed E-state index contributed by atoms with van der Waals surface area (Å²) in [5.74, 6) is 2.01. The zero-order chi connectivity index (χ0) is 30.9. The van der Waals surface area contributed by atoms with E-state index in [0.29, 0.717) is 17.5 Å². The number of rotatable bonds is 3. The van der Waals surface area contributed by atoms with Gasteiger partial charge in [0.1, 0.15) is 0 Å². The largest absolute Gasteiger partial charge is 0.208 e. The Morgan fingerprint density at radius 2 is 0.915 bits per heavy atom. The topological polar surface area (TPSA) is 38.7 Å². The molecule has 0 N–H and O–H groups in total. The molecule has 8 aromatic carbocycles. The number of hydrogen-bond acceptors (Lipinski definition) is 4. The average Bonchev–Trinajstić information content (AvgIpc) is 3.53. The van der Waals surface area contributed by atoms with Crippen LogP contribution in [0.4, 0.5) is 0 Å². The van der Waals surface area contributed by atoms with Gasteiger partial charge in [-0.3, -0.25) is 0 Å². The first-order chi connectivity index (χ1) is 23.3. The molecule has 0 spiro atoms. The number of thiophene rings is 1. The molecule has 0 saturated carbocycles. The molecule has 10 rings (SSSR count). The normalized spacial score (nSPS) is 11.8. The van der Waals surface area contributed by atoms with E-state index in [0.717, 1.165) is 32.8 Å². The van der Waals surface area contributed by atoms with Crippen molar-refractivity contribution in [3.8, 4) is 34.2 Å². The molecule has 0 radical (unpaired) electrons. The standard InChI is InChI=1S/C43H25N3S/c1-3-12-30-26(10-1)20-21-28-24-29(22-23-32(28)30)41-44-42(36-17-9-19-39-40(36)35-16-7-8-18-38(35)47-39)46-43(45-41)37-25-27-11-2-4-13-31(27)33-14-5-6-15-34(33)37/h1-25H. The highest BCUT2D eigenvalue weighted by molar-refractivity contribution is 7.25. The summed E-state index contributed by atoms with van der Waals surface area (Å²) >= 11 is 1.81. The Morgan fingerprint density at radius 3 is 1.77 bits per heavy atom. The predicted octanol–water partition coefficient (Wildman–Crippen LogP) is 11.9. The molecule has 47 heavy (non-hydrogen) atoms. The van der Waals surface area contributed by atoms with Crippen molar-refractivity contribution in [1.82, 2.24) is 15.0 Å². The molecule has 0 aliphatic heterocycles. The van der Waals surface area contributed by atoms with Gasteiger partial charge in [0.25, 0.3) is 0 Å². The van der Waals surface area contributed by atoms with Crippen LogP contribution in [0.1, 0.15) is 0 Å². The third kappa shape index (κ3) is 4.16. The van der Waals surface area contributed by atoms with Crippen molar-refractivity contribution in [2.75, 3.05) is 0 Å². The van der Waals surface area contributed by atoms with Crippen molar-refractivity contribution in [2.45, 2.75) is 0 Å². The first-order valence-corrected chi connectivity index (χ1v) is 16.6. The minimum Gasteiger partial charge on any atom is -0.208 e. The van der Waals surface area contributed by atoms with Crippen LogP contribution < -0.4 is 0 Å². The number of aromatic nitrogens is 3. The van der Waals surface area contributed by atoms with E-state index >= 15 is 0 Å². The molecule has 4 heteroatoms. The van der Waals surface area contributed by atoms with Crippen molar-refractivity contribution in [3.63, 3.8) is 0 Å². The quantitative estimate of drug-likeness (QED) is 0.186. The summed E-state index contributed by atoms with van der Waals surface area (Å²) in [5, 5.41) is 12.0. The molecule has 0 fully saturated rings. The lowest BCUT2D eigenvalue weighted by Gasteiger charge is -2.13. The molecule has 0 amide bonds. The Labute approximate surface area is 274 Å². The van der Waals surface area contributed by atoms with Crippen LogP contribution in [0, 0.1) is 0 Å². The van der Waals surface area contributed by atoms with E-state index in [9.17, 15) is 0 Å². The van der Waals surface area contributed by atoms with Gasteiger partial charge in [-0.2, -0.15) is 0 Å². The van der Waals surface area contributed by atoms with Crippen LogP contribution in [0.3, 0.4) is 0 Å². The van der Waals surface area contributed by atoms with Crippen molar-refractivity contribution in [3.05, 3.63) is 152 Å². The van der Waals surface area contributed by atoms with Crippen LogP contribution in [0.2, 0.25) is 0 Å². The lowest BCUT2D eigenvalue weighted by molar-refractivity contribution is 1.08. The lowest BCUT2D eigenvalue weighted by Crippen LogP contribution is -2.01. The van der Waals surface area contributed by atoms with Gasteiger partial charge in [0.15, 0.2) is 17.5 Å². The highest BCUT2D eigenvalue weighted by Gasteiger charge is 2.19. The van der Waals surface area contributed by atoms with E-state index in [1.54, 1.807) is 11.3 Å². The zero-order valence-electron chi connectivity index (χ0n) is 25.2. The first-order valence-electron chi connectivity index (χ1n) is 15.8. The Bertz CT molecular complexity index is 2870. The summed E-state index contributed by atoms with van der Waals surface area (Å²) < 4.78 is 2.48. The molecular weight excluding hydrogens is 591 g/mol. The van der Waals surface area contributed by atoms with Crippen molar-refractivity contribution < 1.29 is 0 Å². The maximum absolute atomic E-state index is 5.28. The van der Waals surface area contributed by atoms with Gasteiger partial charge >= 0.3 is 0 Å². The Hall–Kier alpha value is -5.97. The maximum atomic E-state index is 5.28. The van der Waals surface area contributed by atoms with Gasteiger partial charge in [0.2, 0.25) is 0 Å². The van der Waals surface area contributed by atoms with Crippen LogP contribution in [-0.4, -0.2) is 15.0 Å². The lowest BCUT2D eigenvalue weighted by atomic mass is 9.96. The molecule has 0 saturated heterocycles. The second-order valence-corrected chi connectivity index (χ2v) is 13.1. The Balaban J connectivity index is 1.28. The Morgan fingerprint density at radius 1 is 0.340 bits per heavy atom. The van der Waals surface area contributed by atoms with E-state index < -0.39 is 0 Å². The Kier molecular flexibility index (Phi) is 5.74. The highest BCUT2D eigenvalue weighted by atomic mass is 32.1. The predicted molar refractivity (Wildman–Crippen MR) is 199 cm³/mol. The van der Waals surface area contributed by atoms with Crippen molar-refractivity contribution in [1.29, 1.82) is 0 Å². The number of hydrogen-bond donors (Lipinski definition) is 0. The van der Waals surface area contributed by atoms with Crippen LogP contribution in [0.5, 0.6) is 0 Å². The van der Waals surface area contributed by atoms with Gasteiger partial charge in [0, 0.05) is 36.9 Å². The maximum Gasteiger partial charge on any atom is 0.164 e. The fourth-order valence-corrected chi connectivity index (χ4v) is 8.23. The molecule has 0 bridgehead atoms. The van der Waals surface area contributed by atoms with Gasteiger partial charge in [-0.25, -0.2) is 15.0 Å². The van der Waals surface area contributed by atoms with Gasteiger partial charge < -0.3 is 0 Å². The molecule has 0 unspecified atom stereocenters. The van der Waals surface area contributed by atoms with E-state index in [4.69, 9.17) is 15.0 Å².